The zero-order valence-electron chi connectivity index (χ0n) is 11.1. The second-order valence-electron chi connectivity index (χ2n) is 5.65. The highest BCUT2D eigenvalue weighted by molar-refractivity contribution is 5.10. The molecule has 1 saturated carbocycles. The minimum absolute atomic E-state index is 0.589. The van der Waals surface area contributed by atoms with E-state index in [0.717, 1.165) is 25.0 Å². The smallest absolute Gasteiger partial charge is 0.142 e. The summed E-state index contributed by atoms with van der Waals surface area (Å²) in [6.07, 6.45) is 7.08. The zero-order chi connectivity index (χ0) is 12.4. The van der Waals surface area contributed by atoms with Crippen LogP contribution in [0.4, 0.5) is 0 Å². The lowest BCUT2D eigenvalue weighted by atomic mass is 9.95. The molecule has 0 amide bonds. The molecule has 4 nitrogen and oxygen atoms in total. The van der Waals surface area contributed by atoms with Crippen molar-refractivity contribution in [2.75, 3.05) is 20.1 Å². The highest BCUT2D eigenvalue weighted by Gasteiger charge is 2.22. The van der Waals surface area contributed by atoms with Crippen LogP contribution >= 0.6 is 0 Å². The molecule has 0 bridgehead atoms. The van der Waals surface area contributed by atoms with Crippen molar-refractivity contribution >= 4 is 0 Å². The number of piperidine rings is 1. The van der Waals surface area contributed by atoms with E-state index in [1.54, 1.807) is 0 Å². The van der Waals surface area contributed by atoms with E-state index in [2.05, 4.69) is 28.3 Å². The zero-order valence-corrected chi connectivity index (χ0v) is 11.1. The van der Waals surface area contributed by atoms with E-state index < -0.39 is 0 Å². The van der Waals surface area contributed by atoms with Crippen LogP contribution < -0.4 is 5.32 Å². The summed E-state index contributed by atoms with van der Waals surface area (Å²) in [6, 6.07) is 2.81. The monoisotopic (exact) mass is 246 g/mol. The van der Waals surface area contributed by atoms with Gasteiger partial charge in [-0.3, -0.25) is 0 Å². The molecule has 1 unspecified atom stereocenters. The average Bonchev–Trinajstić information content (AvgIpc) is 3.21. The molecule has 2 aliphatic rings. The molecular weight excluding hydrogens is 224 g/mol. The van der Waals surface area contributed by atoms with Gasteiger partial charge in [0, 0.05) is 30.4 Å². The fourth-order valence-corrected chi connectivity index (χ4v) is 2.66. The van der Waals surface area contributed by atoms with Crippen LogP contribution in [0, 0.1) is 0 Å². The number of nitrogens with one attached hydrogen (secondary N) is 1. The molecule has 98 valence electrons. The Kier molecular flexibility index (Phi) is 3.57. The Hall–Kier alpha value is -1.00. The number of nitrogens with zero attached hydrogens (tertiary/aromatic N) is 3. The van der Waals surface area contributed by atoms with Crippen molar-refractivity contribution in [2.24, 2.45) is 0 Å². The van der Waals surface area contributed by atoms with E-state index in [0.29, 0.717) is 5.92 Å². The number of hydrogen-bond acceptors (Lipinski definition) is 4. The van der Waals surface area contributed by atoms with Crippen molar-refractivity contribution in [3.8, 4) is 0 Å². The lowest BCUT2D eigenvalue weighted by molar-refractivity contribution is 0.248. The van der Waals surface area contributed by atoms with Crippen LogP contribution in [-0.4, -0.2) is 41.0 Å². The Bertz CT molecular complexity index is 403. The standard InChI is InChI=1S/C14H22N4/c1-18-8-2-3-11(10-18)13-6-7-15-14(17-13)9-16-12-4-5-12/h6-7,11-12,16H,2-5,8-10H2,1H3. The Labute approximate surface area is 109 Å². The third-order valence-electron chi connectivity index (χ3n) is 3.90. The van der Waals surface area contributed by atoms with E-state index in [1.807, 2.05) is 6.20 Å². The minimum Gasteiger partial charge on any atom is -0.307 e. The molecule has 1 aliphatic heterocycles. The van der Waals surface area contributed by atoms with Gasteiger partial charge in [0.1, 0.15) is 5.82 Å². The molecule has 0 radical (unpaired) electrons. The normalized spacial score (nSPS) is 25.3. The first-order chi connectivity index (χ1) is 8.81. The van der Waals surface area contributed by atoms with E-state index in [1.165, 1.54) is 37.9 Å². The summed E-state index contributed by atoms with van der Waals surface area (Å²) in [5.74, 6) is 1.54. The van der Waals surface area contributed by atoms with E-state index in [-0.39, 0.29) is 0 Å². The van der Waals surface area contributed by atoms with Crippen molar-refractivity contribution in [1.82, 2.24) is 20.2 Å². The van der Waals surface area contributed by atoms with Gasteiger partial charge in [0.15, 0.2) is 0 Å². The number of aromatic nitrogens is 2. The summed E-state index contributed by atoms with van der Waals surface area (Å²) in [5.41, 5.74) is 1.23. The number of likely N-dealkylation sites (N-methyl/N-ethyl adjacent to an activating group) is 1. The predicted molar refractivity (Wildman–Crippen MR) is 71.4 cm³/mol. The van der Waals surface area contributed by atoms with E-state index in [4.69, 9.17) is 4.98 Å². The summed E-state index contributed by atoms with van der Waals surface area (Å²) >= 11 is 0. The van der Waals surface area contributed by atoms with Gasteiger partial charge in [-0.2, -0.15) is 0 Å². The molecule has 4 heteroatoms. The van der Waals surface area contributed by atoms with Crippen LogP contribution in [0.2, 0.25) is 0 Å². The molecule has 1 aromatic rings. The Morgan fingerprint density at radius 2 is 2.28 bits per heavy atom. The van der Waals surface area contributed by atoms with Crippen molar-refractivity contribution in [2.45, 2.75) is 44.2 Å². The topological polar surface area (TPSA) is 41.1 Å². The van der Waals surface area contributed by atoms with Crippen LogP contribution in [-0.2, 0) is 6.54 Å². The van der Waals surface area contributed by atoms with Gasteiger partial charge < -0.3 is 10.2 Å². The van der Waals surface area contributed by atoms with Crippen molar-refractivity contribution in [1.29, 1.82) is 0 Å². The Morgan fingerprint density at radius 3 is 3.06 bits per heavy atom. The fraction of sp³-hybridized carbons (Fsp3) is 0.714. The molecule has 0 spiro atoms. The van der Waals surface area contributed by atoms with Gasteiger partial charge in [-0.05, 0) is 45.3 Å². The molecular formula is C14H22N4. The molecule has 2 fully saturated rings. The molecule has 0 aromatic carbocycles. The second kappa shape index (κ2) is 5.33. The van der Waals surface area contributed by atoms with Crippen LogP contribution in [0.3, 0.4) is 0 Å². The molecule has 18 heavy (non-hydrogen) atoms. The molecule has 1 atom stereocenters. The van der Waals surface area contributed by atoms with Crippen LogP contribution in [0.25, 0.3) is 0 Å². The summed E-state index contributed by atoms with van der Waals surface area (Å²) in [6.45, 7) is 3.17. The molecule has 3 rings (SSSR count). The average molecular weight is 246 g/mol. The minimum atomic E-state index is 0.589. The lowest BCUT2D eigenvalue weighted by Gasteiger charge is -2.29. The first kappa shape index (κ1) is 12.1. The quantitative estimate of drug-likeness (QED) is 0.875. The third-order valence-corrected chi connectivity index (χ3v) is 3.90. The van der Waals surface area contributed by atoms with Crippen molar-refractivity contribution in [3.05, 3.63) is 23.8 Å². The highest BCUT2D eigenvalue weighted by Crippen LogP contribution is 2.24. The molecule has 1 aromatic heterocycles. The summed E-state index contributed by atoms with van der Waals surface area (Å²) in [7, 11) is 2.20. The van der Waals surface area contributed by atoms with Crippen LogP contribution in [0.15, 0.2) is 12.3 Å². The number of hydrogen-bond donors (Lipinski definition) is 1. The highest BCUT2D eigenvalue weighted by atomic mass is 15.1. The van der Waals surface area contributed by atoms with Gasteiger partial charge in [-0.25, -0.2) is 9.97 Å². The Morgan fingerprint density at radius 1 is 1.39 bits per heavy atom. The molecule has 2 heterocycles. The fourth-order valence-electron chi connectivity index (χ4n) is 2.66. The van der Waals surface area contributed by atoms with Gasteiger partial charge in [0.2, 0.25) is 0 Å². The summed E-state index contributed by atoms with van der Waals surface area (Å²) in [5, 5.41) is 3.48. The lowest BCUT2D eigenvalue weighted by Crippen LogP contribution is -2.31. The summed E-state index contributed by atoms with van der Waals surface area (Å²) < 4.78 is 0. The maximum atomic E-state index is 4.73. The maximum Gasteiger partial charge on any atom is 0.142 e. The third kappa shape index (κ3) is 3.06. The maximum absolute atomic E-state index is 4.73. The molecule has 1 aliphatic carbocycles. The number of likely N-dealkylation sites (tertiary alicyclic amines) is 1. The van der Waals surface area contributed by atoms with Crippen molar-refractivity contribution < 1.29 is 0 Å². The van der Waals surface area contributed by atoms with Gasteiger partial charge in [-0.15, -0.1) is 0 Å². The van der Waals surface area contributed by atoms with Gasteiger partial charge in [-0.1, -0.05) is 0 Å². The Balaban J connectivity index is 1.65. The number of rotatable bonds is 4. The molecule has 1 N–H and O–H groups in total. The van der Waals surface area contributed by atoms with Crippen LogP contribution in [0.1, 0.15) is 43.1 Å². The summed E-state index contributed by atoms with van der Waals surface area (Å²) in [4.78, 5) is 11.5. The van der Waals surface area contributed by atoms with Gasteiger partial charge >= 0.3 is 0 Å². The van der Waals surface area contributed by atoms with Gasteiger partial charge in [0.05, 0.1) is 6.54 Å². The van der Waals surface area contributed by atoms with E-state index >= 15 is 0 Å². The first-order valence-corrected chi connectivity index (χ1v) is 7.05. The molecule has 1 saturated heterocycles. The van der Waals surface area contributed by atoms with Crippen molar-refractivity contribution in [3.63, 3.8) is 0 Å². The largest absolute Gasteiger partial charge is 0.307 e. The predicted octanol–water partition coefficient (Wildman–Crippen LogP) is 1.54. The van der Waals surface area contributed by atoms with Crippen LogP contribution in [0.5, 0.6) is 0 Å². The first-order valence-electron chi connectivity index (χ1n) is 7.05. The van der Waals surface area contributed by atoms with E-state index in [9.17, 15) is 0 Å². The van der Waals surface area contributed by atoms with Gasteiger partial charge in [0.25, 0.3) is 0 Å². The second-order valence-corrected chi connectivity index (χ2v) is 5.65. The SMILES string of the molecule is CN1CCCC(c2ccnc(CNC3CC3)n2)C1.